The first kappa shape index (κ1) is 15.7. The van der Waals surface area contributed by atoms with Gasteiger partial charge in [0.15, 0.2) is 0 Å². The lowest BCUT2D eigenvalue weighted by molar-refractivity contribution is 0.0955. The number of hydrogen-bond donors (Lipinski definition) is 2. The Hall–Kier alpha value is -3.14. The summed E-state index contributed by atoms with van der Waals surface area (Å²) in [7, 11) is 0. The molecule has 0 aliphatic heterocycles. The average molecular weight is 317 g/mol. The van der Waals surface area contributed by atoms with Crippen LogP contribution in [0.25, 0.3) is 11.3 Å². The summed E-state index contributed by atoms with van der Waals surface area (Å²) >= 11 is 0. The SMILES string of the molecule is O=C(NCCNc1ccccc1)c1ccc(-c2ccccc2)nc1. The maximum absolute atomic E-state index is 12.1. The van der Waals surface area contributed by atoms with Gasteiger partial charge >= 0.3 is 0 Å². The van der Waals surface area contributed by atoms with Gasteiger partial charge in [-0.2, -0.15) is 0 Å². The molecule has 0 atom stereocenters. The maximum Gasteiger partial charge on any atom is 0.252 e. The number of amides is 1. The van der Waals surface area contributed by atoms with Crippen molar-refractivity contribution in [1.82, 2.24) is 10.3 Å². The molecule has 120 valence electrons. The number of aromatic nitrogens is 1. The highest BCUT2D eigenvalue weighted by molar-refractivity contribution is 5.94. The van der Waals surface area contributed by atoms with Crippen LogP contribution < -0.4 is 10.6 Å². The van der Waals surface area contributed by atoms with Crippen molar-refractivity contribution < 1.29 is 4.79 Å². The van der Waals surface area contributed by atoms with Crippen LogP contribution in [-0.4, -0.2) is 24.0 Å². The van der Waals surface area contributed by atoms with E-state index in [-0.39, 0.29) is 5.91 Å². The second-order valence-corrected chi connectivity index (χ2v) is 5.35. The van der Waals surface area contributed by atoms with E-state index in [0.717, 1.165) is 16.9 Å². The molecule has 0 bridgehead atoms. The topological polar surface area (TPSA) is 54.0 Å². The monoisotopic (exact) mass is 317 g/mol. The van der Waals surface area contributed by atoms with E-state index < -0.39 is 0 Å². The van der Waals surface area contributed by atoms with Crippen molar-refractivity contribution in [1.29, 1.82) is 0 Å². The van der Waals surface area contributed by atoms with E-state index in [1.165, 1.54) is 0 Å². The van der Waals surface area contributed by atoms with Crippen molar-refractivity contribution in [2.45, 2.75) is 0 Å². The first-order valence-corrected chi connectivity index (χ1v) is 7.91. The molecule has 0 aliphatic carbocycles. The molecule has 0 spiro atoms. The quantitative estimate of drug-likeness (QED) is 0.683. The maximum atomic E-state index is 12.1. The Morgan fingerprint density at radius 1 is 0.833 bits per heavy atom. The number of hydrogen-bond acceptors (Lipinski definition) is 3. The lowest BCUT2D eigenvalue weighted by atomic mass is 10.1. The summed E-state index contributed by atoms with van der Waals surface area (Å²) in [6.07, 6.45) is 1.61. The summed E-state index contributed by atoms with van der Waals surface area (Å²) in [5.41, 5.74) is 3.50. The van der Waals surface area contributed by atoms with Crippen molar-refractivity contribution >= 4 is 11.6 Å². The van der Waals surface area contributed by atoms with Crippen molar-refractivity contribution in [3.8, 4) is 11.3 Å². The number of nitrogens with zero attached hydrogens (tertiary/aromatic N) is 1. The van der Waals surface area contributed by atoms with Crippen LogP contribution in [0.3, 0.4) is 0 Å². The number of anilines is 1. The smallest absolute Gasteiger partial charge is 0.252 e. The molecule has 2 N–H and O–H groups in total. The molecule has 1 amide bonds. The van der Waals surface area contributed by atoms with Gasteiger partial charge in [-0.3, -0.25) is 9.78 Å². The third-order valence-corrected chi connectivity index (χ3v) is 3.61. The molecule has 0 saturated carbocycles. The number of nitrogens with one attached hydrogen (secondary N) is 2. The van der Waals surface area contributed by atoms with Gasteiger partial charge in [0.25, 0.3) is 5.91 Å². The molecular weight excluding hydrogens is 298 g/mol. The van der Waals surface area contributed by atoms with Crippen LogP contribution in [0.5, 0.6) is 0 Å². The van der Waals surface area contributed by atoms with E-state index in [0.29, 0.717) is 18.7 Å². The van der Waals surface area contributed by atoms with Gasteiger partial charge in [-0.25, -0.2) is 0 Å². The van der Waals surface area contributed by atoms with Crippen LogP contribution in [0.4, 0.5) is 5.69 Å². The van der Waals surface area contributed by atoms with Gasteiger partial charge in [0.05, 0.1) is 11.3 Å². The van der Waals surface area contributed by atoms with Crippen LogP contribution in [0.15, 0.2) is 79.0 Å². The standard InChI is InChI=1S/C20H19N3O/c24-20(22-14-13-21-18-9-5-2-6-10-18)17-11-12-19(23-15-17)16-7-3-1-4-8-16/h1-12,15,21H,13-14H2,(H,22,24). The molecule has 4 heteroatoms. The Morgan fingerprint density at radius 2 is 1.54 bits per heavy atom. The summed E-state index contributed by atoms with van der Waals surface area (Å²) in [6.45, 7) is 1.22. The molecular formula is C20H19N3O. The van der Waals surface area contributed by atoms with E-state index in [4.69, 9.17) is 0 Å². The van der Waals surface area contributed by atoms with Crippen LogP contribution >= 0.6 is 0 Å². The minimum atomic E-state index is -0.114. The first-order valence-electron chi connectivity index (χ1n) is 7.91. The predicted molar refractivity (Wildman–Crippen MR) is 96.9 cm³/mol. The lowest BCUT2D eigenvalue weighted by Gasteiger charge is -2.08. The van der Waals surface area contributed by atoms with E-state index in [1.54, 1.807) is 12.3 Å². The van der Waals surface area contributed by atoms with Crippen molar-refractivity contribution in [2.24, 2.45) is 0 Å². The number of para-hydroxylation sites is 1. The van der Waals surface area contributed by atoms with Gasteiger partial charge in [0.2, 0.25) is 0 Å². The van der Waals surface area contributed by atoms with Gasteiger partial charge in [-0.05, 0) is 24.3 Å². The molecule has 4 nitrogen and oxygen atoms in total. The lowest BCUT2D eigenvalue weighted by Crippen LogP contribution is -2.28. The summed E-state index contributed by atoms with van der Waals surface area (Å²) < 4.78 is 0. The number of carbonyl (C=O) groups excluding carboxylic acids is 1. The minimum absolute atomic E-state index is 0.114. The number of carbonyl (C=O) groups is 1. The number of pyridine rings is 1. The van der Waals surface area contributed by atoms with Crippen LogP contribution in [0.2, 0.25) is 0 Å². The number of benzene rings is 2. The zero-order valence-electron chi connectivity index (χ0n) is 13.3. The van der Waals surface area contributed by atoms with Crippen molar-refractivity contribution in [3.63, 3.8) is 0 Å². The highest BCUT2D eigenvalue weighted by Gasteiger charge is 2.06. The van der Waals surface area contributed by atoms with Gasteiger partial charge in [-0.15, -0.1) is 0 Å². The van der Waals surface area contributed by atoms with Gasteiger partial charge in [0.1, 0.15) is 0 Å². The fraction of sp³-hybridized carbons (Fsp3) is 0.100. The number of rotatable bonds is 6. The Labute approximate surface area is 141 Å². The van der Waals surface area contributed by atoms with Gasteiger partial charge in [0, 0.05) is 30.5 Å². The van der Waals surface area contributed by atoms with Crippen LogP contribution in [-0.2, 0) is 0 Å². The molecule has 24 heavy (non-hydrogen) atoms. The van der Waals surface area contributed by atoms with Crippen LogP contribution in [0, 0.1) is 0 Å². The predicted octanol–water partition coefficient (Wildman–Crippen LogP) is 3.59. The molecule has 1 aromatic heterocycles. The molecule has 2 aromatic carbocycles. The van der Waals surface area contributed by atoms with Gasteiger partial charge < -0.3 is 10.6 Å². The van der Waals surface area contributed by atoms with Gasteiger partial charge in [-0.1, -0.05) is 48.5 Å². The minimum Gasteiger partial charge on any atom is -0.383 e. The fourth-order valence-electron chi connectivity index (χ4n) is 2.35. The Kier molecular flexibility index (Phi) is 5.20. The van der Waals surface area contributed by atoms with E-state index in [9.17, 15) is 4.79 Å². The van der Waals surface area contributed by atoms with E-state index in [2.05, 4.69) is 15.6 Å². The van der Waals surface area contributed by atoms with E-state index >= 15 is 0 Å². The summed E-state index contributed by atoms with van der Waals surface area (Å²) in [6, 6.07) is 23.5. The molecule has 0 fully saturated rings. The summed E-state index contributed by atoms with van der Waals surface area (Å²) in [4.78, 5) is 16.5. The molecule has 0 aliphatic rings. The third kappa shape index (κ3) is 4.20. The largest absolute Gasteiger partial charge is 0.383 e. The average Bonchev–Trinajstić information content (AvgIpc) is 2.67. The summed E-state index contributed by atoms with van der Waals surface area (Å²) in [5.74, 6) is -0.114. The second kappa shape index (κ2) is 7.92. The van der Waals surface area contributed by atoms with Crippen molar-refractivity contribution in [3.05, 3.63) is 84.6 Å². The zero-order chi connectivity index (χ0) is 16.6. The fourth-order valence-corrected chi connectivity index (χ4v) is 2.35. The molecule has 3 aromatic rings. The highest BCUT2D eigenvalue weighted by Crippen LogP contribution is 2.16. The molecule has 0 unspecified atom stereocenters. The zero-order valence-corrected chi connectivity index (χ0v) is 13.3. The van der Waals surface area contributed by atoms with E-state index in [1.807, 2.05) is 66.7 Å². The molecule has 0 radical (unpaired) electrons. The summed E-state index contributed by atoms with van der Waals surface area (Å²) in [5, 5.41) is 6.14. The molecule has 1 heterocycles. The normalized spacial score (nSPS) is 10.2. The molecule has 3 rings (SSSR count). The third-order valence-electron chi connectivity index (χ3n) is 3.61. The Balaban J connectivity index is 1.50. The van der Waals surface area contributed by atoms with Crippen molar-refractivity contribution in [2.75, 3.05) is 18.4 Å². The Morgan fingerprint density at radius 3 is 2.21 bits per heavy atom. The highest BCUT2D eigenvalue weighted by atomic mass is 16.1. The first-order chi connectivity index (χ1) is 11.8. The second-order valence-electron chi connectivity index (χ2n) is 5.35. The Bertz CT molecular complexity index is 771. The van der Waals surface area contributed by atoms with Crippen LogP contribution in [0.1, 0.15) is 10.4 Å². The molecule has 0 saturated heterocycles.